The molecule has 1 saturated heterocycles. The van der Waals surface area contributed by atoms with Gasteiger partial charge in [-0.2, -0.15) is 0 Å². The monoisotopic (exact) mass is 419 g/mol. The van der Waals surface area contributed by atoms with E-state index in [1.807, 2.05) is 19.1 Å². The Morgan fingerprint density at radius 2 is 1.80 bits per heavy atom. The molecule has 6 nitrogen and oxygen atoms in total. The molecule has 8 atom stereocenters. The molecule has 0 saturated carbocycles. The molecule has 0 bridgehead atoms. The third-order valence-electron chi connectivity index (χ3n) is 7.54. The molecule has 0 unspecified atom stereocenters. The molecule has 1 amide bonds. The molecular weight excluding hydrogens is 382 g/mol. The molecule has 30 heavy (non-hydrogen) atoms. The van der Waals surface area contributed by atoms with Gasteiger partial charge in [0.15, 0.2) is 5.78 Å². The van der Waals surface area contributed by atoms with E-state index in [-0.39, 0.29) is 36.0 Å². The number of ketones is 1. The Morgan fingerprint density at radius 1 is 1.13 bits per heavy atom. The van der Waals surface area contributed by atoms with Crippen LogP contribution in [0.15, 0.2) is 23.3 Å². The maximum atomic E-state index is 13.8. The van der Waals surface area contributed by atoms with E-state index in [1.165, 1.54) is 5.57 Å². The number of nitrogens with one attached hydrogen (secondary N) is 1. The molecule has 0 aromatic carbocycles. The van der Waals surface area contributed by atoms with E-state index in [9.17, 15) is 24.9 Å². The average molecular weight is 420 g/mol. The van der Waals surface area contributed by atoms with Crippen molar-refractivity contribution < 1.29 is 24.9 Å². The second kappa shape index (κ2) is 8.56. The average Bonchev–Trinajstić information content (AvgIpc) is 2.94. The van der Waals surface area contributed by atoms with Gasteiger partial charge >= 0.3 is 0 Å². The van der Waals surface area contributed by atoms with Gasteiger partial charge in [0.05, 0.1) is 12.2 Å². The highest BCUT2D eigenvalue weighted by Gasteiger charge is 2.65. The van der Waals surface area contributed by atoms with Crippen molar-refractivity contribution in [1.29, 1.82) is 0 Å². The first kappa shape index (κ1) is 23.2. The van der Waals surface area contributed by atoms with Crippen LogP contribution in [0.2, 0.25) is 0 Å². The molecule has 1 aliphatic heterocycles. The van der Waals surface area contributed by atoms with Crippen LogP contribution in [0.4, 0.5) is 0 Å². The zero-order chi connectivity index (χ0) is 22.4. The SMILES string of the molecule is CC1=C[C@@H]2/C=C(/C)CC[C@H](O)[C@H](O)[C@H](O)CC(=O)[C@]23C(=O)N[C@H](CC(C)C)[C@H]3[C@H]1C. The van der Waals surface area contributed by atoms with Gasteiger partial charge in [-0.15, -0.1) is 0 Å². The Kier molecular flexibility index (Phi) is 6.61. The van der Waals surface area contributed by atoms with Crippen molar-refractivity contribution >= 4 is 11.7 Å². The molecule has 1 heterocycles. The number of aliphatic hydroxyl groups excluding tert-OH is 3. The number of allylic oxidation sites excluding steroid dienone is 4. The van der Waals surface area contributed by atoms with Crippen molar-refractivity contribution in [3.05, 3.63) is 23.3 Å². The summed E-state index contributed by atoms with van der Waals surface area (Å²) in [6, 6.07) is -0.117. The minimum atomic E-state index is -1.41. The molecule has 4 N–H and O–H groups in total. The van der Waals surface area contributed by atoms with Crippen LogP contribution in [-0.4, -0.2) is 51.4 Å². The van der Waals surface area contributed by atoms with Crippen molar-refractivity contribution in [2.45, 2.75) is 84.7 Å². The van der Waals surface area contributed by atoms with Crippen LogP contribution in [0.3, 0.4) is 0 Å². The summed E-state index contributed by atoms with van der Waals surface area (Å²) in [6.45, 7) is 10.3. The molecule has 1 spiro atoms. The Bertz CT molecular complexity index is 757. The molecule has 0 aromatic heterocycles. The molecule has 1 fully saturated rings. The lowest BCUT2D eigenvalue weighted by atomic mass is 9.54. The van der Waals surface area contributed by atoms with Gasteiger partial charge in [-0.05, 0) is 44.9 Å². The van der Waals surface area contributed by atoms with Gasteiger partial charge in [-0.25, -0.2) is 0 Å². The first-order valence-corrected chi connectivity index (χ1v) is 11.2. The standard InChI is InChI=1S/C24H37NO5/c1-12(2)8-17-21-15(5)14(4)10-16-9-13(3)6-7-18(26)22(29)19(27)11-20(28)24(16,21)23(30)25-17/h9-10,12,15-19,21-22,26-27,29H,6-8,11H2,1-5H3,(H,25,30)/b13-9-/t15-,16-,17+,18-,19+,21+,22-,24+/m0/s1. The van der Waals surface area contributed by atoms with Crippen LogP contribution in [-0.2, 0) is 9.59 Å². The van der Waals surface area contributed by atoms with E-state index in [1.54, 1.807) is 0 Å². The quantitative estimate of drug-likeness (QED) is 0.405. The second-order valence-electron chi connectivity index (χ2n) is 10.1. The molecule has 3 rings (SSSR count). The summed E-state index contributed by atoms with van der Waals surface area (Å²) in [7, 11) is 0. The molecule has 3 aliphatic rings. The smallest absolute Gasteiger partial charge is 0.235 e. The highest BCUT2D eigenvalue weighted by atomic mass is 16.4. The van der Waals surface area contributed by atoms with Crippen LogP contribution in [0.1, 0.15) is 60.3 Å². The highest BCUT2D eigenvalue weighted by molar-refractivity contribution is 6.09. The fraction of sp³-hybridized carbons (Fsp3) is 0.750. The zero-order valence-electron chi connectivity index (χ0n) is 18.8. The first-order chi connectivity index (χ1) is 14.0. The summed E-state index contributed by atoms with van der Waals surface area (Å²) in [5.74, 6) is -0.827. The molecular formula is C24H37NO5. The summed E-state index contributed by atoms with van der Waals surface area (Å²) >= 11 is 0. The third kappa shape index (κ3) is 3.78. The van der Waals surface area contributed by atoms with Crippen molar-refractivity contribution in [3.8, 4) is 0 Å². The Balaban J connectivity index is 2.18. The van der Waals surface area contributed by atoms with E-state index in [0.29, 0.717) is 18.8 Å². The molecule has 0 aromatic rings. The fourth-order valence-electron chi connectivity index (χ4n) is 5.88. The number of rotatable bonds is 2. The summed E-state index contributed by atoms with van der Waals surface area (Å²) in [6.07, 6.45) is 1.35. The van der Waals surface area contributed by atoms with Crippen LogP contribution in [0.25, 0.3) is 0 Å². The minimum absolute atomic E-state index is 0.0411. The Labute approximate surface area is 179 Å². The zero-order valence-corrected chi connectivity index (χ0v) is 18.8. The van der Waals surface area contributed by atoms with Crippen molar-refractivity contribution in [3.63, 3.8) is 0 Å². The predicted octanol–water partition coefficient (Wildman–Crippen LogP) is 2.13. The van der Waals surface area contributed by atoms with E-state index in [2.05, 4.69) is 33.0 Å². The summed E-state index contributed by atoms with van der Waals surface area (Å²) < 4.78 is 0. The number of hydrogen-bond acceptors (Lipinski definition) is 5. The highest BCUT2D eigenvalue weighted by Crippen LogP contribution is 2.55. The van der Waals surface area contributed by atoms with Gasteiger partial charge in [0.25, 0.3) is 0 Å². The van der Waals surface area contributed by atoms with E-state index < -0.39 is 29.6 Å². The van der Waals surface area contributed by atoms with Gasteiger partial charge in [-0.1, -0.05) is 44.1 Å². The second-order valence-corrected chi connectivity index (χ2v) is 10.1. The lowest BCUT2D eigenvalue weighted by Crippen LogP contribution is -2.53. The minimum Gasteiger partial charge on any atom is -0.390 e. The summed E-state index contributed by atoms with van der Waals surface area (Å²) in [5, 5.41) is 34.3. The predicted molar refractivity (Wildman–Crippen MR) is 114 cm³/mol. The van der Waals surface area contributed by atoms with Crippen molar-refractivity contribution in [2.75, 3.05) is 0 Å². The topological polar surface area (TPSA) is 107 Å². The molecule has 168 valence electrons. The largest absolute Gasteiger partial charge is 0.390 e. The summed E-state index contributed by atoms with van der Waals surface area (Å²) in [5.41, 5.74) is 0.834. The van der Waals surface area contributed by atoms with Crippen LogP contribution in [0.5, 0.6) is 0 Å². The summed E-state index contributed by atoms with van der Waals surface area (Å²) in [4.78, 5) is 27.3. The van der Waals surface area contributed by atoms with Crippen molar-refractivity contribution in [2.24, 2.45) is 29.1 Å². The van der Waals surface area contributed by atoms with Gasteiger partial charge in [0.2, 0.25) is 5.91 Å². The third-order valence-corrected chi connectivity index (χ3v) is 7.54. The first-order valence-electron chi connectivity index (χ1n) is 11.2. The normalized spacial score (nSPS) is 44.4. The number of aliphatic hydroxyl groups is 3. The molecule has 6 heteroatoms. The van der Waals surface area contributed by atoms with Gasteiger partial charge in [-0.3, -0.25) is 9.59 Å². The Hall–Kier alpha value is -1.50. The lowest BCUT2D eigenvalue weighted by Gasteiger charge is -2.45. The number of carbonyl (C=O) groups is 2. The van der Waals surface area contributed by atoms with Crippen LogP contribution >= 0.6 is 0 Å². The van der Waals surface area contributed by atoms with Crippen LogP contribution < -0.4 is 5.32 Å². The maximum Gasteiger partial charge on any atom is 0.235 e. The van der Waals surface area contributed by atoms with Crippen LogP contribution in [0, 0.1) is 29.1 Å². The van der Waals surface area contributed by atoms with E-state index in [4.69, 9.17) is 0 Å². The van der Waals surface area contributed by atoms with Gasteiger partial charge < -0.3 is 20.6 Å². The molecule has 2 aliphatic carbocycles. The van der Waals surface area contributed by atoms with Gasteiger partial charge in [0.1, 0.15) is 11.5 Å². The fourth-order valence-corrected chi connectivity index (χ4v) is 5.88. The number of Topliss-reactive ketones (excluding diaryl/α,β-unsaturated/α-hetero) is 1. The van der Waals surface area contributed by atoms with Gasteiger partial charge in [0, 0.05) is 24.3 Å². The Morgan fingerprint density at radius 3 is 2.43 bits per heavy atom. The lowest BCUT2D eigenvalue weighted by molar-refractivity contribution is -0.148. The van der Waals surface area contributed by atoms with E-state index in [0.717, 1.165) is 12.0 Å². The van der Waals surface area contributed by atoms with E-state index >= 15 is 0 Å². The number of hydrogen-bond donors (Lipinski definition) is 4. The molecule has 0 radical (unpaired) electrons. The number of carbonyl (C=O) groups excluding carboxylic acids is 2. The van der Waals surface area contributed by atoms with Crippen molar-refractivity contribution in [1.82, 2.24) is 5.32 Å². The maximum absolute atomic E-state index is 13.8. The number of amides is 1.